The molecule has 0 atom stereocenters. The van der Waals surface area contributed by atoms with Gasteiger partial charge in [-0.15, -0.1) is 0 Å². The predicted molar refractivity (Wildman–Crippen MR) is 73.8 cm³/mol. The number of hydrogen-bond donors (Lipinski definition) is 0. The Labute approximate surface area is 119 Å². The van der Waals surface area contributed by atoms with Crippen molar-refractivity contribution in [3.05, 3.63) is 69.4 Å². The summed E-state index contributed by atoms with van der Waals surface area (Å²) in [6.45, 7) is 0.611. The summed E-state index contributed by atoms with van der Waals surface area (Å²) < 4.78 is 20.0. The minimum absolute atomic E-state index is 0.188. The van der Waals surface area contributed by atoms with Gasteiger partial charge in [-0.3, -0.25) is 0 Å². The first-order valence-electron chi connectivity index (χ1n) is 5.70. The molecule has 2 rings (SSSR count). The lowest BCUT2D eigenvalue weighted by molar-refractivity contribution is 0.105. The number of nitriles is 1. The van der Waals surface area contributed by atoms with E-state index in [0.717, 1.165) is 10.0 Å². The Hall–Kier alpha value is -1.70. The minimum atomic E-state index is -0.408. The van der Waals surface area contributed by atoms with Gasteiger partial charge in [0.05, 0.1) is 24.8 Å². The van der Waals surface area contributed by atoms with Crippen LogP contribution in [0.15, 0.2) is 46.9 Å². The van der Waals surface area contributed by atoms with Gasteiger partial charge in [0, 0.05) is 10.0 Å². The SMILES string of the molecule is N#Cc1ccc(COCc2ccc(Br)cc2)c(F)c1. The number of ether oxygens (including phenoxy) is 1. The molecule has 2 aromatic carbocycles. The van der Waals surface area contributed by atoms with Crippen molar-refractivity contribution in [1.29, 1.82) is 5.26 Å². The summed E-state index contributed by atoms with van der Waals surface area (Å²) in [6, 6.07) is 14.0. The molecule has 19 heavy (non-hydrogen) atoms. The molecule has 4 heteroatoms. The molecule has 0 saturated heterocycles. The summed E-state index contributed by atoms with van der Waals surface area (Å²) in [5.41, 5.74) is 1.79. The van der Waals surface area contributed by atoms with Gasteiger partial charge in [-0.2, -0.15) is 5.26 Å². The zero-order valence-electron chi connectivity index (χ0n) is 10.1. The standard InChI is InChI=1S/C15H11BrFNO/c16-14-5-2-11(3-6-14)9-19-10-13-4-1-12(8-18)7-15(13)17/h1-7H,9-10H2. The molecule has 0 aliphatic rings. The van der Waals surface area contributed by atoms with Gasteiger partial charge in [0.1, 0.15) is 5.82 Å². The molecule has 96 valence electrons. The predicted octanol–water partition coefficient (Wildman–Crippen LogP) is 4.18. The van der Waals surface area contributed by atoms with Crippen molar-refractivity contribution in [3.8, 4) is 6.07 Å². The fraction of sp³-hybridized carbons (Fsp3) is 0.133. The topological polar surface area (TPSA) is 33.0 Å². The van der Waals surface area contributed by atoms with E-state index >= 15 is 0 Å². The Morgan fingerprint density at radius 1 is 1.11 bits per heavy atom. The monoisotopic (exact) mass is 319 g/mol. The van der Waals surface area contributed by atoms with Crippen molar-refractivity contribution in [2.24, 2.45) is 0 Å². The highest BCUT2D eigenvalue weighted by Crippen LogP contribution is 2.14. The smallest absolute Gasteiger partial charge is 0.130 e. The van der Waals surface area contributed by atoms with Gasteiger partial charge < -0.3 is 4.74 Å². The lowest BCUT2D eigenvalue weighted by atomic mass is 10.1. The summed E-state index contributed by atoms with van der Waals surface area (Å²) in [6.07, 6.45) is 0. The Bertz CT molecular complexity index is 605. The van der Waals surface area contributed by atoms with Gasteiger partial charge in [0.15, 0.2) is 0 Å². The molecule has 0 aromatic heterocycles. The van der Waals surface area contributed by atoms with Crippen LogP contribution in [0.25, 0.3) is 0 Å². The van der Waals surface area contributed by atoms with Gasteiger partial charge in [0.2, 0.25) is 0 Å². The summed E-state index contributed by atoms with van der Waals surface area (Å²) in [7, 11) is 0. The molecular formula is C15H11BrFNO. The second-order valence-corrected chi connectivity index (χ2v) is 4.95. The lowest BCUT2D eigenvalue weighted by Gasteiger charge is -2.06. The number of nitrogens with zero attached hydrogens (tertiary/aromatic N) is 1. The molecule has 2 nitrogen and oxygen atoms in total. The van der Waals surface area contributed by atoms with Gasteiger partial charge in [-0.05, 0) is 29.8 Å². The highest BCUT2D eigenvalue weighted by Gasteiger charge is 2.04. The number of halogens is 2. The van der Waals surface area contributed by atoms with Crippen molar-refractivity contribution in [2.45, 2.75) is 13.2 Å². The Morgan fingerprint density at radius 2 is 1.84 bits per heavy atom. The number of benzene rings is 2. The van der Waals surface area contributed by atoms with Gasteiger partial charge in [-0.1, -0.05) is 34.1 Å². The normalized spacial score (nSPS) is 10.2. The van der Waals surface area contributed by atoms with Crippen molar-refractivity contribution in [2.75, 3.05) is 0 Å². The average Bonchev–Trinajstić information content (AvgIpc) is 2.42. The molecule has 2 aromatic rings. The summed E-state index contributed by atoms with van der Waals surface area (Å²) in [5, 5.41) is 8.65. The summed E-state index contributed by atoms with van der Waals surface area (Å²) in [5.74, 6) is -0.408. The Balaban J connectivity index is 1.92. The molecular weight excluding hydrogens is 309 g/mol. The molecule has 0 aliphatic heterocycles. The third-order valence-electron chi connectivity index (χ3n) is 2.62. The highest BCUT2D eigenvalue weighted by molar-refractivity contribution is 9.10. The molecule has 0 amide bonds. The van der Waals surface area contributed by atoms with E-state index < -0.39 is 5.82 Å². The highest BCUT2D eigenvalue weighted by atomic mass is 79.9. The molecule has 0 heterocycles. The zero-order chi connectivity index (χ0) is 13.7. The molecule has 0 unspecified atom stereocenters. The van der Waals surface area contributed by atoms with E-state index in [1.165, 1.54) is 6.07 Å². The fourth-order valence-electron chi connectivity index (χ4n) is 1.59. The molecule has 0 bridgehead atoms. The van der Waals surface area contributed by atoms with E-state index in [9.17, 15) is 4.39 Å². The van der Waals surface area contributed by atoms with Crippen LogP contribution in [0, 0.1) is 17.1 Å². The van der Waals surface area contributed by atoms with Crippen LogP contribution in [0.4, 0.5) is 4.39 Å². The van der Waals surface area contributed by atoms with Crippen LogP contribution in [-0.2, 0) is 18.0 Å². The van der Waals surface area contributed by atoms with Crippen molar-refractivity contribution in [3.63, 3.8) is 0 Å². The van der Waals surface area contributed by atoms with Gasteiger partial charge >= 0.3 is 0 Å². The largest absolute Gasteiger partial charge is 0.372 e. The van der Waals surface area contributed by atoms with Gasteiger partial charge in [-0.25, -0.2) is 4.39 Å². The van der Waals surface area contributed by atoms with Crippen molar-refractivity contribution < 1.29 is 9.13 Å². The van der Waals surface area contributed by atoms with Crippen LogP contribution >= 0.6 is 15.9 Å². The first-order valence-corrected chi connectivity index (χ1v) is 6.49. The molecule has 0 N–H and O–H groups in total. The lowest BCUT2D eigenvalue weighted by Crippen LogP contribution is -1.97. The Morgan fingerprint density at radius 3 is 2.47 bits per heavy atom. The fourth-order valence-corrected chi connectivity index (χ4v) is 1.86. The third kappa shape index (κ3) is 3.88. The maximum absolute atomic E-state index is 13.6. The summed E-state index contributed by atoms with van der Waals surface area (Å²) in [4.78, 5) is 0. The maximum atomic E-state index is 13.6. The number of rotatable bonds is 4. The van der Waals surface area contributed by atoms with Crippen LogP contribution in [-0.4, -0.2) is 0 Å². The van der Waals surface area contributed by atoms with Crippen LogP contribution < -0.4 is 0 Å². The second-order valence-electron chi connectivity index (χ2n) is 4.04. The maximum Gasteiger partial charge on any atom is 0.130 e. The van der Waals surface area contributed by atoms with E-state index in [4.69, 9.17) is 10.00 Å². The average molecular weight is 320 g/mol. The first kappa shape index (κ1) is 13.7. The quantitative estimate of drug-likeness (QED) is 0.847. The summed E-state index contributed by atoms with van der Waals surface area (Å²) >= 11 is 3.36. The van der Waals surface area contributed by atoms with Crippen molar-refractivity contribution >= 4 is 15.9 Å². The van der Waals surface area contributed by atoms with E-state index in [0.29, 0.717) is 17.7 Å². The third-order valence-corrected chi connectivity index (χ3v) is 3.15. The van der Waals surface area contributed by atoms with E-state index in [-0.39, 0.29) is 6.61 Å². The van der Waals surface area contributed by atoms with Crippen molar-refractivity contribution in [1.82, 2.24) is 0 Å². The van der Waals surface area contributed by atoms with Crippen LogP contribution in [0.1, 0.15) is 16.7 Å². The van der Waals surface area contributed by atoms with E-state index in [1.807, 2.05) is 30.3 Å². The minimum Gasteiger partial charge on any atom is -0.372 e. The molecule has 0 aliphatic carbocycles. The molecule has 0 radical (unpaired) electrons. The van der Waals surface area contributed by atoms with Crippen LogP contribution in [0.2, 0.25) is 0 Å². The second kappa shape index (κ2) is 6.46. The zero-order valence-corrected chi connectivity index (χ0v) is 11.7. The molecule has 0 spiro atoms. The molecule has 0 fully saturated rings. The van der Waals surface area contributed by atoms with Crippen LogP contribution in [0.3, 0.4) is 0 Å². The molecule has 0 saturated carbocycles. The van der Waals surface area contributed by atoms with E-state index in [2.05, 4.69) is 15.9 Å². The van der Waals surface area contributed by atoms with Gasteiger partial charge in [0.25, 0.3) is 0 Å². The number of hydrogen-bond acceptors (Lipinski definition) is 2. The van der Waals surface area contributed by atoms with E-state index in [1.54, 1.807) is 12.1 Å². The first-order chi connectivity index (χ1) is 9.19. The Kier molecular flexibility index (Phi) is 4.67. The van der Waals surface area contributed by atoms with Crippen LogP contribution in [0.5, 0.6) is 0 Å².